The second kappa shape index (κ2) is 6.94. The van der Waals surface area contributed by atoms with Crippen molar-refractivity contribution in [1.29, 1.82) is 0 Å². The molecule has 2 rings (SSSR count). The van der Waals surface area contributed by atoms with Gasteiger partial charge in [-0.05, 0) is 45.7 Å². The number of carbonyl (C=O) groups excluding carboxylic acids is 1. The van der Waals surface area contributed by atoms with Gasteiger partial charge in [-0.1, -0.05) is 30.3 Å². The molecule has 1 aliphatic rings. The Kier molecular flexibility index (Phi) is 5.23. The molecule has 0 radical (unpaired) electrons. The highest BCUT2D eigenvalue weighted by molar-refractivity contribution is 5.68. The predicted molar refractivity (Wildman–Crippen MR) is 84.1 cm³/mol. The van der Waals surface area contributed by atoms with Crippen molar-refractivity contribution in [2.24, 2.45) is 0 Å². The molecule has 0 saturated carbocycles. The van der Waals surface area contributed by atoms with Crippen LogP contribution in [0.15, 0.2) is 30.3 Å². The molecule has 0 bridgehead atoms. The third-order valence-corrected chi connectivity index (χ3v) is 3.48. The number of rotatable bonds is 3. The number of piperidine rings is 1. The highest BCUT2D eigenvalue weighted by Gasteiger charge is 2.24. The lowest BCUT2D eigenvalue weighted by Gasteiger charge is -2.33. The van der Waals surface area contributed by atoms with Crippen molar-refractivity contribution in [3.63, 3.8) is 0 Å². The van der Waals surface area contributed by atoms with Crippen LogP contribution in [0.3, 0.4) is 0 Å². The Morgan fingerprint density at radius 3 is 2.71 bits per heavy atom. The molecule has 4 heteroatoms. The summed E-state index contributed by atoms with van der Waals surface area (Å²) in [7, 11) is 0. The minimum atomic E-state index is -0.442. The summed E-state index contributed by atoms with van der Waals surface area (Å²) in [5.41, 5.74) is 0.873. The number of amides is 1. The highest BCUT2D eigenvalue weighted by Crippen LogP contribution is 2.14. The number of nitrogens with zero attached hydrogens (tertiary/aromatic N) is 1. The van der Waals surface area contributed by atoms with Gasteiger partial charge in [-0.15, -0.1) is 0 Å². The van der Waals surface area contributed by atoms with Gasteiger partial charge in [0.2, 0.25) is 0 Å². The molecule has 0 unspecified atom stereocenters. The van der Waals surface area contributed by atoms with Crippen LogP contribution < -0.4 is 5.32 Å². The van der Waals surface area contributed by atoms with Gasteiger partial charge >= 0.3 is 6.09 Å². The van der Waals surface area contributed by atoms with E-state index in [-0.39, 0.29) is 12.1 Å². The summed E-state index contributed by atoms with van der Waals surface area (Å²) in [5, 5.41) is 2.99. The predicted octanol–water partition coefficient (Wildman–Crippen LogP) is 3.18. The van der Waals surface area contributed by atoms with Gasteiger partial charge in [0.15, 0.2) is 0 Å². The molecule has 1 fully saturated rings. The van der Waals surface area contributed by atoms with Crippen LogP contribution in [-0.2, 0) is 11.3 Å². The number of likely N-dealkylation sites (tertiary alicyclic amines) is 1. The van der Waals surface area contributed by atoms with Crippen molar-refractivity contribution in [2.45, 2.75) is 51.8 Å². The lowest BCUT2D eigenvalue weighted by atomic mass is 10.0. The average molecular weight is 290 g/mol. The molecule has 1 aromatic rings. The first-order valence-electron chi connectivity index (χ1n) is 7.68. The van der Waals surface area contributed by atoms with Crippen molar-refractivity contribution < 1.29 is 9.53 Å². The van der Waals surface area contributed by atoms with Crippen LogP contribution in [-0.4, -0.2) is 35.7 Å². The van der Waals surface area contributed by atoms with Gasteiger partial charge in [0, 0.05) is 19.1 Å². The van der Waals surface area contributed by atoms with Gasteiger partial charge in [-0.2, -0.15) is 0 Å². The van der Waals surface area contributed by atoms with Gasteiger partial charge in [0.25, 0.3) is 0 Å². The van der Waals surface area contributed by atoms with Crippen LogP contribution in [0.5, 0.6) is 0 Å². The van der Waals surface area contributed by atoms with Crippen molar-refractivity contribution in [3.05, 3.63) is 35.9 Å². The molecule has 4 nitrogen and oxygen atoms in total. The minimum Gasteiger partial charge on any atom is -0.444 e. The fourth-order valence-electron chi connectivity index (χ4n) is 2.63. The molecule has 1 aromatic carbocycles. The maximum absolute atomic E-state index is 11.8. The van der Waals surface area contributed by atoms with E-state index in [1.807, 2.05) is 26.8 Å². The molecule has 1 saturated heterocycles. The first-order valence-corrected chi connectivity index (χ1v) is 7.68. The SMILES string of the molecule is CC(C)(C)OC(=O)N[C@H]1CCCN(Cc2ccccc2)C1. The second-order valence-corrected chi connectivity index (χ2v) is 6.71. The quantitative estimate of drug-likeness (QED) is 0.929. The summed E-state index contributed by atoms with van der Waals surface area (Å²) in [6, 6.07) is 10.6. The number of alkyl carbamates (subject to hydrolysis) is 1. The molecule has 1 atom stereocenters. The van der Waals surface area contributed by atoms with E-state index >= 15 is 0 Å². The van der Waals surface area contributed by atoms with Gasteiger partial charge in [-0.3, -0.25) is 4.90 Å². The number of benzene rings is 1. The van der Waals surface area contributed by atoms with E-state index in [0.29, 0.717) is 0 Å². The average Bonchev–Trinajstić information content (AvgIpc) is 2.38. The normalized spacial score (nSPS) is 20.0. The summed E-state index contributed by atoms with van der Waals surface area (Å²) in [5.74, 6) is 0. The van der Waals surface area contributed by atoms with Crippen LogP contribution >= 0.6 is 0 Å². The van der Waals surface area contributed by atoms with Crippen LogP contribution in [0.25, 0.3) is 0 Å². The van der Waals surface area contributed by atoms with Crippen molar-refractivity contribution in [2.75, 3.05) is 13.1 Å². The first-order chi connectivity index (χ1) is 9.92. The van der Waals surface area contributed by atoms with E-state index in [9.17, 15) is 4.79 Å². The summed E-state index contributed by atoms with van der Waals surface area (Å²) >= 11 is 0. The zero-order chi connectivity index (χ0) is 15.3. The van der Waals surface area contributed by atoms with E-state index in [0.717, 1.165) is 32.5 Å². The summed E-state index contributed by atoms with van der Waals surface area (Å²) in [6.07, 6.45) is 1.81. The number of ether oxygens (including phenoxy) is 1. The summed E-state index contributed by atoms with van der Waals surface area (Å²) < 4.78 is 5.33. The Balaban J connectivity index is 1.82. The first kappa shape index (κ1) is 15.8. The molecule has 0 aromatic heterocycles. The zero-order valence-electron chi connectivity index (χ0n) is 13.3. The van der Waals surface area contributed by atoms with E-state index in [1.54, 1.807) is 0 Å². The zero-order valence-corrected chi connectivity index (χ0v) is 13.3. The van der Waals surface area contributed by atoms with E-state index in [2.05, 4.69) is 34.5 Å². The lowest BCUT2D eigenvalue weighted by Crippen LogP contribution is -2.48. The van der Waals surface area contributed by atoms with Gasteiger partial charge in [0.05, 0.1) is 0 Å². The summed E-state index contributed by atoms with van der Waals surface area (Å²) in [4.78, 5) is 14.2. The van der Waals surface area contributed by atoms with E-state index < -0.39 is 5.60 Å². The third kappa shape index (κ3) is 5.76. The maximum Gasteiger partial charge on any atom is 0.407 e. The van der Waals surface area contributed by atoms with Crippen LogP contribution in [0.1, 0.15) is 39.2 Å². The fourth-order valence-corrected chi connectivity index (χ4v) is 2.63. The lowest BCUT2D eigenvalue weighted by molar-refractivity contribution is 0.0470. The molecule has 1 amide bonds. The van der Waals surface area contributed by atoms with E-state index in [4.69, 9.17) is 4.74 Å². The molecule has 0 aliphatic carbocycles. The largest absolute Gasteiger partial charge is 0.444 e. The Bertz CT molecular complexity index is 454. The minimum absolute atomic E-state index is 0.178. The Morgan fingerprint density at radius 1 is 1.33 bits per heavy atom. The number of hydrogen-bond donors (Lipinski definition) is 1. The molecule has 21 heavy (non-hydrogen) atoms. The second-order valence-electron chi connectivity index (χ2n) is 6.71. The van der Waals surface area contributed by atoms with E-state index in [1.165, 1.54) is 5.56 Å². The molecule has 1 N–H and O–H groups in total. The molecule has 0 spiro atoms. The van der Waals surface area contributed by atoms with Crippen molar-refractivity contribution >= 4 is 6.09 Å². The summed E-state index contributed by atoms with van der Waals surface area (Å²) in [6.45, 7) is 8.56. The smallest absolute Gasteiger partial charge is 0.407 e. The Morgan fingerprint density at radius 2 is 2.05 bits per heavy atom. The van der Waals surface area contributed by atoms with Crippen LogP contribution in [0.2, 0.25) is 0 Å². The Labute approximate surface area is 127 Å². The number of nitrogens with one attached hydrogen (secondary N) is 1. The van der Waals surface area contributed by atoms with Gasteiger partial charge in [0.1, 0.15) is 5.60 Å². The Hall–Kier alpha value is -1.55. The molecule has 116 valence electrons. The molecular weight excluding hydrogens is 264 g/mol. The van der Waals surface area contributed by atoms with Gasteiger partial charge < -0.3 is 10.1 Å². The van der Waals surface area contributed by atoms with Crippen molar-refractivity contribution in [3.8, 4) is 0 Å². The molecule has 1 aliphatic heterocycles. The molecule has 1 heterocycles. The van der Waals surface area contributed by atoms with Crippen LogP contribution in [0, 0.1) is 0 Å². The number of carbonyl (C=O) groups is 1. The monoisotopic (exact) mass is 290 g/mol. The fraction of sp³-hybridized carbons (Fsp3) is 0.588. The third-order valence-electron chi connectivity index (χ3n) is 3.48. The standard InChI is InChI=1S/C17H26N2O2/c1-17(2,3)21-16(20)18-15-10-7-11-19(13-15)12-14-8-5-4-6-9-14/h4-6,8-9,15H,7,10-13H2,1-3H3,(H,18,20)/t15-/m0/s1. The number of hydrogen-bond acceptors (Lipinski definition) is 3. The highest BCUT2D eigenvalue weighted by atomic mass is 16.6. The maximum atomic E-state index is 11.8. The van der Waals surface area contributed by atoms with Crippen molar-refractivity contribution in [1.82, 2.24) is 10.2 Å². The topological polar surface area (TPSA) is 41.6 Å². The van der Waals surface area contributed by atoms with Gasteiger partial charge in [-0.25, -0.2) is 4.79 Å². The molecular formula is C17H26N2O2. The van der Waals surface area contributed by atoms with Crippen LogP contribution in [0.4, 0.5) is 4.79 Å².